The number of ether oxygens (including phenoxy) is 1. The molecular weight excluding hydrogens is 204 g/mol. The van der Waals surface area contributed by atoms with Gasteiger partial charge in [0.15, 0.2) is 0 Å². The van der Waals surface area contributed by atoms with Crippen LogP contribution >= 0.6 is 0 Å². The topological polar surface area (TPSA) is 55.0 Å². The number of hydrogen-bond donors (Lipinski definition) is 1. The van der Waals surface area contributed by atoms with E-state index >= 15 is 0 Å². The summed E-state index contributed by atoms with van der Waals surface area (Å²) >= 11 is 0. The Bertz CT molecular complexity index is 367. The van der Waals surface area contributed by atoms with Crippen molar-refractivity contribution in [2.75, 3.05) is 7.11 Å². The molecule has 0 aliphatic heterocycles. The van der Waals surface area contributed by atoms with E-state index in [4.69, 9.17) is 4.74 Å². The molecule has 1 heterocycles. The normalized spacial score (nSPS) is 11.9. The zero-order chi connectivity index (χ0) is 12.3. The fourth-order valence-corrected chi connectivity index (χ4v) is 1.57. The number of carbonyl (C=O) groups is 1. The maximum Gasteiger partial charge on any atom is 0.318 e. The quantitative estimate of drug-likeness (QED) is 0.796. The van der Waals surface area contributed by atoms with Gasteiger partial charge in [0.05, 0.1) is 7.11 Å². The van der Waals surface area contributed by atoms with Crippen LogP contribution in [0.25, 0.3) is 0 Å². The van der Waals surface area contributed by atoms with E-state index in [0.717, 1.165) is 12.1 Å². The van der Waals surface area contributed by atoms with Gasteiger partial charge < -0.3 is 9.72 Å². The van der Waals surface area contributed by atoms with Crippen molar-refractivity contribution in [2.24, 2.45) is 5.92 Å². The van der Waals surface area contributed by atoms with Crippen molar-refractivity contribution in [3.63, 3.8) is 0 Å². The van der Waals surface area contributed by atoms with Gasteiger partial charge in [-0.25, -0.2) is 4.98 Å². The number of methoxy groups -OCH3 is 1. The number of nitrogens with one attached hydrogen (secondary N) is 1. The van der Waals surface area contributed by atoms with Crippen LogP contribution in [-0.2, 0) is 21.4 Å². The van der Waals surface area contributed by atoms with Gasteiger partial charge >= 0.3 is 5.97 Å². The Balaban J connectivity index is 2.88. The Labute approximate surface area is 96.4 Å². The Hall–Kier alpha value is -1.32. The Morgan fingerprint density at radius 3 is 2.69 bits per heavy atom. The Morgan fingerprint density at radius 1 is 1.56 bits per heavy atom. The minimum Gasteiger partial charge on any atom is -0.468 e. The summed E-state index contributed by atoms with van der Waals surface area (Å²) in [7, 11) is 1.39. The third-order valence-corrected chi connectivity index (χ3v) is 2.54. The van der Waals surface area contributed by atoms with E-state index in [1.807, 2.05) is 0 Å². The number of carbonyl (C=O) groups excluding carboxylic acids is 1. The third kappa shape index (κ3) is 2.62. The lowest BCUT2D eigenvalue weighted by Gasteiger charge is -2.18. The van der Waals surface area contributed by atoms with Crippen LogP contribution in [0.2, 0.25) is 0 Å². The molecule has 1 rings (SSSR count). The average molecular weight is 224 g/mol. The van der Waals surface area contributed by atoms with Gasteiger partial charge in [-0.15, -0.1) is 0 Å². The van der Waals surface area contributed by atoms with E-state index in [0.29, 0.717) is 11.7 Å². The second-order valence-electron chi connectivity index (χ2n) is 4.97. The highest BCUT2D eigenvalue weighted by atomic mass is 16.5. The molecule has 0 aliphatic carbocycles. The summed E-state index contributed by atoms with van der Waals surface area (Å²) in [6, 6.07) is 0. The molecule has 16 heavy (non-hydrogen) atoms. The van der Waals surface area contributed by atoms with Crippen LogP contribution in [0.4, 0.5) is 0 Å². The van der Waals surface area contributed by atoms with E-state index < -0.39 is 5.41 Å². The standard InChI is InChI=1S/C12H20N2O2/c1-8(2)6-9-7-13-10(14-9)12(3,4)11(15)16-5/h7-8H,6H2,1-5H3,(H,13,14). The Morgan fingerprint density at radius 2 is 2.19 bits per heavy atom. The molecule has 1 N–H and O–H groups in total. The van der Waals surface area contributed by atoms with Gasteiger partial charge in [-0.1, -0.05) is 13.8 Å². The monoisotopic (exact) mass is 224 g/mol. The molecule has 0 bridgehead atoms. The zero-order valence-electron chi connectivity index (χ0n) is 10.6. The molecule has 0 fully saturated rings. The summed E-state index contributed by atoms with van der Waals surface area (Å²) in [6.45, 7) is 7.89. The van der Waals surface area contributed by atoms with Crippen LogP contribution in [0.15, 0.2) is 6.20 Å². The number of imidazole rings is 1. The average Bonchev–Trinajstić information content (AvgIpc) is 2.64. The van der Waals surface area contributed by atoms with E-state index in [1.54, 1.807) is 20.0 Å². The van der Waals surface area contributed by atoms with Gasteiger partial charge in [0, 0.05) is 11.9 Å². The van der Waals surface area contributed by atoms with Crippen LogP contribution in [0.1, 0.15) is 39.2 Å². The van der Waals surface area contributed by atoms with Gasteiger partial charge in [0.1, 0.15) is 11.2 Å². The van der Waals surface area contributed by atoms with Crippen LogP contribution in [0.5, 0.6) is 0 Å². The summed E-state index contributed by atoms with van der Waals surface area (Å²) in [5.74, 6) is 0.947. The number of aromatic amines is 1. The van der Waals surface area contributed by atoms with Crippen molar-refractivity contribution in [1.82, 2.24) is 9.97 Å². The molecule has 0 saturated carbocycles. The van der Waals surface area contributed by atoms with E-state index in [9.17, 15) is 4.79 Å². The summed E-state index contributed by atoms with van der Waals surface area (Å²) in [5, 5.41) is 0. The van der Waals surface area contributed by atoms with E-state index in [1.165, 1.54) is 7.11 Å². The minimum absolute atomic E-state index is 0.280. The number of esters is 1. The largest absolute Gasteiger partial charge is 0.468 e. The molecule has 0 amide bonds. The Kier molecular flexibility index (Phi) is 3.73. The summed E-state index contributed by atoms with van der Waals surface area (Å²) in [6.07, 6.45) is 2.73. The first kappa shape index (κ1) is 12.7. The minimum atomic E-state index is -0.718. The van der Waals surface area contributed by atoms with Crippen LogP contribution < -0.4 is 0 Å². The van der Waals surface area contributed by atoms with Gasteiger partial charge in [-0.2, -0.15) is 0 Å². The van der Waals surface area contributed by atoms with Gasteiger partial charge in [0.25, 0.3) is 0 Å². The van der Waals surface area contributed by atoms with E-state index in [2.05, 4.69) is 23.8 Å². The number of H-pyrrole nitrogens is 1. The van der Waals surface area contributed by atoms with Crippen LogP contribution in [0, 0.1) is 5.92 Å². The van der Waals surface area contributed by atoms with Crippen LogP contribution in [0.3, 0.4) is 0 Å². The first-order valence-electron chi connectivity index (χ1n) is 5.50. The SMILES string of the molecule is COC(=O)C(C)(C)c1ncc(CC(C)C)[nH]1. The van der Waals surface area contributed by atoms with Crippen molar-refractivity contribution < 1.29 is 9.53 Å². The predicted octanol–water partition coefficient (Wildman–Crippen LogP) is 2.06. The first-order chi connectivity index (χ1) is 7.37. The summed E-state index contributed by atoms with van der Waals surface area (Å²) in [4.78, 5) is 19.0. The zero-order valence-corrected chi connectivity index (χ0v) is 10.6. The number of hydrogen-bond acceptors (Lipinski definition) is 3. The van der Waals surface area contributed by atoms with Crippen molar-refractivity contribution in [3.05, 3.63) is 17.7 Å². The first-order valence-corrected chi connectivity index (χ1v) is 5.50. The molecule has 0 radical (unpaired) electrons. The van der Waals surface area contributed by atoms with Crippen LogP contribution in [-0.4, -0.2) is 23.0 Å². The lowest BCUT2D eigenvalue weighted by molar-refractivity contribution is -0.146. The summed E-state index contributed by atoms with van der Waals surface area (Å²) in [5.41, 5.74) is 0.339. The molecular formula is C12H20N2O2. The van der Waals surface area contributed by atoms with Crippen molar-refractivity contribution >= 4 is 5.97 Å². The second-order valence-corrected chi connectivity index (χ2v) is 4.97. The molecule has 0 aromatic carbocycles. The fraction of sp³-hybridized carbons (Fsp3) is 0.667. The highest BCUT2D eigenvalue weighted by molar-refractivity contribution is 5.80. The number of rotatable bonds is 4. The third-order valence-electron chi connectivity index (χ3n) is 2.54. The predicted molar refractivity (Wildman–Crippen MR) is 62.2 cm³/mol. The number of nitrogens with zero attached hydrogens (tertiary/aromatic N) is 1. The van der Waals surface area contributed by atoms with Gasteiger partial charge in [-0.05, 0) is 26.2 Å². The van der Waals surface area contributed by atoms with Gasteiger partial charge in [-0.3, -0.25) is 4.79 Å². The molecule has 0 unspecified atom stereocenters. The second kappa shape index (κ2) is 4.68. The molecule has 1 aromatic heterocycles. The molecule has 4 heteroatoms. The fourth-order valence-electron chi connectivity index (χ4n) is 1.57. The maximum atomic E-state index is 11.6. The summed E-state index contributed by atoms with van der Waals surface area (Å²) < 4.78 is 4.76. The smallest absolute Gasteiger partial charge is 0.318 e. The molecule has 1 aromatic rings. The highest BCUT2D eigenvalue weighted by Crippen LogP contribution is 2.22. The van der Waals surface area contributed by atoms with Gasteiger partial charge in [0.2, 0.25) is 0 Å². The number of aromatic nitrogens is 2. The van der Waals surface area contributed by atoms with E-state index in [-0.39, 0.29) is 5.97 Å². The lowest BCUT2D eigenvalue weighted by atomic mass is 9.93. The highest BCUT2D eigenvalue weighted by Gasteiger charge is 2.33. The van der Waals surface area contributed by atoms with Crippen molar-refractivity contribution in [2.45, 2.75) is 39.5 Å². The molecule has 0 spiro atoms. The molecule has 0 aliphatic rings. The molecule has 4 nitrogen and oxygen atoms in total. The molecule has 0 saturated heterocycles. The molecule has 0 atom stereocenters. The van der Waals surface area contributed by atoms with Crippen molar-refractivity contribution in [3.8, 4) is 0 Å². The molecule has 90 valence electrons. The maximum absolute atomic E-state index is 11.6. The lowest BCUT2D eigenvalue weighted by Crippen LogP contribution is -2.31. The van der Waals surface area contributed by atoms with Crippen molar-refractivity contribution in [1.29, 1.82) is 0 Å².